The van der Waals surface area contributed by atoms with Crippen LogP contribution in [0.3, 0.4) is 0 Å². The van der Waals surface area contributed by atoms with E-state index in [4.69, 9.17) is 4.18 Å². The van der Waals surface area contributed by atoms with E-state index in [2.05, 4.69) is 6.92 Å². The third-order valence-electron chi connectivity index (χ3n) is 2.28. The SMILES string of the molecule is CCCc1cccc(S(=O)(=O)OCC(C)C)c1. The van der Waals surface area contributed by atoms with Crippen LogP contribution >= 0.6 is 0 Å². The molecule has 0 fully saturated rings. The summed E-state index contributed by atoms with van der Waals surface area (Å²) in [5.41, 5.74) is 1.03. The lowest BCUT2D eigenvalue weighted by Gasteiger charge is -2.08. The Morgan fingerprint density at radius 2 is 2.00 bits per heavy atom. The number of aryl methyl sites for hydroxylation is 1. The van der Waals surface area contributed by atoms with Crippen molar-refractivity contribution < 1.29 is 12.6 Å². The maximum atomic E-state index is 11.9. The van der Waals surface area contributed by atoms with Gasteiger partial charge in [-0.2, -0.15) is 8.42 Å². The number of benzene rings is 1. The highest BCUT2D eigenvalue weighted by Crippen LogP contribution is 2.16. The first-order chi connectivity index (χ1) is 7.95. The molecule has 0 aliphatic heterocycles. The second-order valence-electron chi connectivity index (χ2n) is 4.53. The van der Waals surface area contributed by atoms with Crippen molar-refractivity contribution in [3.63, 3.8) is 0 Å². The first-order valence-electron chi connectivity index (χ1n) is 5.94. The van der Waals surface area contributed by atoms with Gasteiger partial charge in [0.15, 0.2) is 0 Å². The predicted molar refractivity (Wildman–Crippen MR) is 68.4 cm³/mol. The third kappa shape index (κ3) is 4.48. The summed E-state index contributed by atoms with van der Waals surface area (Å²) in [5, 5.41) is 0. The summed E-state index contributed by atoms with van der Waals surface area (Å²) in [6.45, 7) is 6.13. The normalized spacial score (nSPS) is 12.0. The van der Waals surface area contributed by atoms with E-state index in [1.165, 1.54) is 0 Å². The molecule has 0 aromatic heterocycles. The Balaban J connectivity index is 2.87. The average molecular weight is 256 g/mol. The molecule has 0 radical (unpaired) electrons. The van der Waals surface area contributed by atoms with Gasteiger partial charge in [0.05, 0.1) is 11.5 Å². The zero-order valence-corrected chi connectivity index (χ0v) is 11.5. The fourth-order valence-corrected chi connectivity index (χ4v) is 2.57. The van der Waals surface area contributed by atoms with Gasteiger partial charge in [-0.25, -0.2) is 0 Å². The molecule has 1 aromatic carbocycles. The molecule has 3 nitrogen and oxygen atoms in total. The van der Waals surface area contributed by atoms with Crippen LogP contribution in [0.25, 0.3) is 0 Å². The summed E-state index contributed by atoms with van der Waals surface area (Å²) >= 11 is 0. The molecule has 1 rings (SSSR count). The van der Waals surface area contributed by atoms with Gasteiger partial charge in [-0.3, -0.25) is 4.18 Å². The summed E-state index contributed by atoms with van der Waals surface area (Å²) < 4.78 is 28.7. The van der Waals surface area contributed by atoms with Crippen molar-refractivity contribution in [3.8, 4) is 0 Å². The van der Waals surface area contributed by atoms with Gasteiger partial charge >= 0.3 is 0 Å². The lowest BCUT2D eigenvalue weighted by atomic mass is 10.1. The van der Waals surface area contributed by atoms with E-state index in [-0.39, 0.29) is 17.4 Å². The Kier molecular flexibility index (Phi) is 5.15. The highest BCUT2D eigenvalue weighted by atomic mass is 32.2. The van der Waals surface area contributed by atoms with Crippen LogP contribution in [0.1, 0.15) is 32.8 Å². The van der Waals surface area contributed by atoms with Crippen molar-refractivity contribution in [2.45, 2.75) is 38.5 Å². The number of hydrogen-bond donors (Lipinski definition) is 0. The van der Waals surface area contributed by atoms with Gasteiger partial charge < -0.3 is 0 Å². The lowest BCUT2D eigenvalue weighted by molar-refractivity contribution is 0.275. The van der Waals surface area contributed by atoms with Crippen LogP contribution in [0.4, 0.5) is 0 Å². The monoisotopic (exact) mass is 256 g/mol. The molecule has 0 amide bonds. The molecular weight excluding hydrogens is 236 g/mol. The largest absolute Gasteiger partial charge is 0.296 e. The Bertz CT molecular complexity index is 449. The Morgan fingerprint density at radius 3 is 2.59 bits per heavy atom. The maximum Gasteiger partial charge on any atom is 0.296 e. The van der Waals surface area contributed by atoms with Crippen LogP contribution in [0, 0.1) is 5.92 Å². The van der Waals surface area contributed by atoms with Crippen molar-refractivity contribution in [1.82, 2.24) is 0 Å². The molecule has 0 unspecified atom stereocenters. The van der Waals surface area contributed by atoms with Crippen LogP contribution in [0.15, 0.2) is 29.2 Å². The molecule has 0 atom stereocenters. The zero-order chi connectivity index (χ0) is 12.9. The standard InChI is InChI=1S/C13H20O3S/c1-4-6-12-7-5-8-13(9-12)17(14,15)16-10-11(2)3/h5,7-9,11H,4,6,10H2,1-3H3. The Hall–Kier alpha value is -0.870. The van der Waals surface area contributed by atoms with E-state index < -0.39 is 10.1 Å². The van der Waals surface area contributed by atoms with E-state index in [1.54, 1.807) is 18.2 Å². The van der Waals surface area contributed by atoms with Gasteiger partial charge in [0.2, 0.25) is 0 Å². The molecule has 4 heteroatoms. The molecule has 0 bridgehead atoms. The summed E-state index contributed by atoms with van der Waals surface area (Å²) in [7, 11) is -3.60. The molecular formula is C13H20O3S. The maximum absolute atomic E-state index is 11.9. The number of rotatable bonds is 6. The quantitative estimate of drug-likeness (QED) is 0.735. The van der Waals surface area contributed by atoms with Gasteiger partial charge in [0.25, 0.3) is 10.1 Å². The first-order valence-corrected chi connectivity index (χ1v) is 7.35. The molecule has 96 valence electrons. The highest BCUT2D eigenvalue weighted by molar-refractivity contribution is 7.86. The minimum absolute atomic E-state index is 0.198. The molecule has 0 aliphatic carbocycles. The first kappa shape index (κ1) is 14.2. The van der Waals surface area contributed by atoms with Crippen molar-refractivity contribution in [3.05, 3.63) is 29.8 Å². The smallest absolute Gasteiger partial charge is 0.266 e. The van der Waals surface area contributed by atoms with Crippen LogP contribution in [0.5, 0.6) is 0 Å². The second kappa shape index (κ2) is 6.17. The summed E-state index contributed by atoms with van der Waals surface area (Å²) in [6.07, 6.45) is 1.88. The topological polar surface area (TPSA) is 43.4 Å². The van der Waals surface area contributed by atoms with Crippen LogP contribution in [0.2, 0.25) is 0 Å². The lowest BCUT2D eigenvalue weighted by Crippen LogP contribution is -2.11. The fourth-order valence-electron chi connectivity index (χ4n) is 1.44. The molecule has 0 saturated carbocycles. The van der Waals surface area contributed by atoms with Crippen molar-refractivity contribution in [2.24, 2.45) is 5.92 Å². The van der Waals surface area contributed by atoms with Crippen molar-refractivity contribution in [1.29, 1.82) is 0 Å². The van der Waals surface area contributed by atoms with E-state index in [0.29, 0.717) is 0 Å². The highest BCUT2D eigenvalue weighted by Gasteiger charge is 2.15. The van der Waals surface area contributed by atoms with Crippen LogP contribution in [-0.4, -0.2) is 15.0 Å². The van der Waals surface area contributed by atoms with E-state index >= 15 is 0 Å². The minimum atomic E-state index is -3.60. The van der Waals surface area contributed by atoms with Gasteiger partial charge in [0, 0.05) is 0 Å². The molecule has 0 saturated heterocycles. The van der Waals surface area contributed by atoms with E-state index in [0.717, 1.165) is 18.4 Å². The molecule has 0 N–H and O–H groups in total. The number of hydrogen-bond acceptors (Lipinski definition) is 3. The Morgan fingerprint density at radius 1 is 1.29 bits per heavy atom. The van der Waals surface area contributed by atoms with Crippen LogP contribution in [-0.2, 0) is 20.7 Å². The molecule has 0 aliphatic rings. The molecule has 1 aromatic rings. The van der Waals surface area contributed by atoms with Gasteiger partial charge in [-0.15, -0.1) is 0 Å². The predicted octanol–water partition coefficient (Wildman–Crippen LogP) is 3.00. The van der Waals surface area contributed by atoms with E-state index in [1.807, 2.05) is 19.9 Å². The van der Waals surface area contributed by atoms with Crippen molar-refractivity contribution in [2.75, 3.05) is 6.61 Å². The van der Waals surface area contributed by atoms with Crippen LogP contribution < -0.4 is 0 Å². The molecule has 0 heterocycles. The van der Waals surface area contributed by atoms with Gasteiger partial charge in [0.1, 0.15) is 0 Å². The summed E-state index contributed by atoms with van der Waals surface area (Å²) in [5.74, 6) is 0.198. The minimum Gasteiger partial charge on any atom is -0.266 e. The molecule has 17 heavy (non-hydrogen) atoms. The molecule has 0 spiro atoms. The second-order valence-corrected chi connectivity index (χ2v) is 6.15. The Labute approximate surface area is 104 Å². The third-order valence-corrected chi connectivity index (χ3v) is 3.56. The van der Waals surface area contributed by atoms with Crippen molar-refractivity contribution >= 4 is 10.1 Å². The summed E-state index contributed by atoms with van der Waals surface area (Å²) in [6, 6.07) is 6.97. The summed E-state index contributed by atoms with van der Waals surface area (Å²) in [4.78, 5) is 0.254. The van der Waals surface area contributed by atoms with Gasteiger partial charge in [-0.1, -0.05) is 39.3 Å². The zero-order valence-electron chi connectivity index (χ0n) is 10.6. The average Bonchev–Trinajstić information content (AvgIpc) is 2.27. The fraction of sp³-hybridized carbons (Fsp3) is 0.538. The van der Waals surface area contributed by atoms with E-state index in [9.17, 15) is 8.42 Å². The van der Waals surface area contributed by atoms with Gasteiger partial charge in [-0.05, 0) is 30.0 Å².